The lowest BCUT2D eigenvalue weighted by Gasteiger charge is -2.20. The number of nitrogens with one attached hydrogen (secondary N) is 1. The minimum atomic E-state index is -1.11. The average Bonchev–Trinajstić information content (AvgIpc) is 2.79. The quantitative estimate of drug-likeness (QED) is 0.857. The maximum absolute atomic E-state index is 12.0. The Hall–Kier alpha value is -2.02. The number of carbonyl (C=O) groups excluding carboxylic acids is 1. The molecular weight excluding hydrogens is 262 g/mol. The molecule has 0 aliphatic carbocycles. The van der Waals surface area contributed by atoms with Crippen LogP contribution in [0.15, 0.2) is 16.5 Å². The molecule has 0 spiro atoms. The van der Waals surface area contributed by atoms with Gasteiger partial charge in [0.15, 0.2) is 0 Å². The first-order valence-electron chi connectivity index (χ1n) is 6.59. The molecule has 0 atom stereocenters. The Balaban J connectivity index is 1.83. The zero-order chi connectivity index (χ0) is 14.5. The molecule has 1 aromatic heterocycles. The van der Waals surface area contributed by atoms with Crippen molar-refractivity contribution < 1.29 is 19.1 Å². The highest BCUT2D eigenvalue weighted by molar-refractivity contribution is 5.84. The van der Waals surface area contributed by atoms with Crippen LogP contribution in [0.1, 0.15) is 22.7 Å². The van der Waals surface area contributed by atoms with E-state index in [0.29, 0.717) is 12.3 Å². The Morgan fingerprint density at radius 3 is 2.80 bits per heavy atom. The van der Waals surface area contributed by atoms with Crippen LogP contribution in [0.3, 0.4) is 0 Å². The predicted molar refractivity (Wildman–Crippen MR) is 71.6 cm³/mol. The summed E-state index contributed by atoms with van der Waals surface area (Å²) in [5, 5.41) is 11.5. The molecule has 1 aromatic rings. The summed E-state index contributed by atoms with van der Waals surface area (Å²) in [5.74, 6) is -0.800. The summed E-state index contributed by atoms with van der Waals surface area (Å²) in [7, 11) is 2.04. The van der Waals surface area contributed by atoms with E-state index >= 15 is 0 Å². The van der Waals surface area contributed by atoms with Crippen molar-refractivity contribution in [3.63, 3.8) is 0 Å². The molecule has 20 heavy (non-hydrogen) atoms. The van der Waals surface area contributed by atoms with Gasteiger partial charge in [-0.3, -0.25) is 0 Å². The van der Waals surface area contributed by atoms with Crippen molar-refractivity contribution in [1.29, 1.82) is 0 Å². The molecule has 2 amide bonds. The Kier molecular flexibility index (Phi) is 4.62. The Morgan fingerprint density at radius 1 is 1.30 bits per heavy atom. The summed E-state index contributed by atoms with van der Waals surface area (Å²) >= 11 is 0. The number of carboxylic acids is 1. The van der Waals surface area contributed by atoms with Crippen LogP contribution in [0.2, 0.25) is 0 Å². The highest BCUT2D eigenvalue weighted by atomic mass is 16.4. The minimum absolute atomic E-state index is 0.120. The molecule has 7 nitrogen and oxygen atoms in total. The Bertz CT molecular complexity index is 486. The van der Waals surface area contributed by atoms with Crippen molar-refractivity contribution in [2.45, 2.75) is 13.0 Å². The molecular formula is C13H19N3O4. The number of likely N-dealkylation sites (N-methyl/N-ethyl adjacent to an activating group) is 1. The van der Waals surface area contributed by atoms with Crippen LogP contribution >= 0.6 is 0 Å². The van der Waals surface area contributed by atoms with Gasteiger partial charge in [-0.15, -0.1) is 0 Å². The number of furan rings is 1. The zero-order valence-electron chi connectivity index (χ0n) is 11.5. The molecule has 0 saturated carbocycles. The molecule has 1 aliphatic heterocycles. The van der Waals surface area contributed by atoms with E-state index in [1.165, 1.54) is 6.07 Å². The van der Waals surface area contributed by atoms with Crippen molar-refractivity contribution in [3.05, 3.63) is 23.7 Å². The maximum atomic E-state index is 12.0. The van der Waals surface area contributed by atoms with Crippen LogP contribution in [-0.2, 0) is 6.54 Å². The fourth-order valence-electron chi connectivity index (χ4n) is 2.11. The molecule has 0 unspecified atom stereocenters. The third-order valence-corrected chi connectivity index (χ3v) is 3.29. The van der Waals surface area contributed by atoms with Gasteiger partial charge in [0.25, 0.3) is 0 Å². The number of urea groups is 1. The molecule has 0 aromatic carbocycles. The van der Waals surface area contributed by atoms with Crippen molar-refractivity contribution in [2.24, 2.45) is 0 Å². The summed E-state index contributed by atoms with van der Waals surface area (Å²) < 4.78 is 5.08. The van der Waals surface area contributed by atoms with E-state index in [4.69, 9.17) is 9.52 Å². The molecule has 2 rings (SSSR count). The Morgan fingerprint density at radius 2 is 2.10 bits per heavy atom. The average molecular weight is 281 g/mol. The van der Waals surface area contributed by atoms with Gasteiger partial charge < -0.3 is 24.6 Å². The van der Waals surface area contributed by atoms with Crippen LogP contribution in [-0.4, -0.2) is 60.1 Å². The van der Waals surface area contributed by atoms with Crippen molar-refractivity contribution in [2.75, 3.05) is 33.2 Å². The number of hydrogen-bond donors (Lipinski definition) is 2. The molecule has 0 radical (unpaired) electrons. The van der Waals surface area contributed by atoms with Gasteiger partial charge in [-0.05, 0) is 32.1 Å². The van der Waals surface area contributed by atoms with Crippen LogP contribution < -0.4 is 5.32 Å². The Labute approximate surface area is 117 Å². The first kappa shape index (κ1) is 14.4. The number of nitrogens with zero attached hydrogens (tertiary/aromatic N) is 2. The second-order valence-corrected chi connectivity index (χ2v) is 4.87. The summed E-state index contributed by atoms with van der Waals surface area (Å²) in [5.41, 5.74) is 0. The monoisotopic (exact) mass is 281 g/mol. The van der Waals surface area contributed by atoms with Gasteiger partial charge in [-0.2, -0.15) is 0 Å². The second-order valence-electron chi connectivity index (χ2n) is 4.87. The standard InChI is InChI=1S/C13H19N3O4/c1-15-5-2-6-16(8-7-15)13(19)14-9-10-3-4-11(20-10)12(17)18/h3-4H,2,5-9H2,1H3,(H,14,19)(H,17,18). The van der Waals surface area contributed by atoms with E-state index in [0.717, 1.165) is 26.1 Å². The number of aromatic carboxylic acids is 1. The fraction of sp³-hybridized carbons (Fsp3) is 0.538. The largest absolute Gasteiger partial charge is 0.475 e. The predicted octanol–water partition coefficient (Wildman–Crippen LogP) is 0.825. The van der Waals surface area contributed by atoms with E-state index in [-0.39, 0.29) is 18.3 Å². The second kappa shape index (κ2) is 6.42. The first-order valence-corrected chi connectivity index (χ1v) is 6.59. The summed E-state index contributed by atoms with van der Waals surface area (Å²) in [4.78, 5) is 26.6. The zero-order valence-corrected chi connectivity index (χ0v) is 11.5. The van der Waals surface area contributed by atoms with Crippen LogP contribution in [0.25, 0.3) is 0 Å². The van der Waals surface area contributed by atoms with Crippen molar-refractivity contribution in [1.82, 2.24) is 15.1 Å². The normalized spacial score (nSPS) is 16.8. The number of amides is 2. The molecule has 0 bridgehead atoms. The lowest BCUT2D eigenvalue weighted by molar-refractivity contribution is 0.0660. The van der Waals surface area contributed by atoms with Crippen LogP contribution in [0, 0.1) is 0 Å². The first-order chi connectivity index (χ1) is 9.56. The summed E-state index contributed by atoms with van der Waals surface area (Å²) in [6.07, 6.45) is 0.952. The highest BCUT2D eigenvalue weighted by Gasteiger charge is 2.17. The number of hydrogen-bond acceptors (Lipinski definition) is 4. The summed E-state index contributed by atoms with van der Waals surface area (Å²) in [6, 6.07) is 2.79. The molecule has 1 fully saturated rings. The van der Waals surface area contributed by atoms with Crippen LogP contribution in [0.4, 0.5) is 4.79 Å². The number of carbonyl (C=O) groups is 2. The van der Waals surface area contributed by atoms with Gasteiger partial charge in [0, 0.05) is 19.6 Å². The fourth-order valence-corrected chi connectivity index (χ4v) is 2.11. The van der Waals surface area contributed by atoms with Gasteiger partial charge in [0.05, 0.1) is 6.54 Å². The number of rotatable bonds is 3. The molecule has 1 aliphatic rings. The number of carboxylic acid groups (broad SMARTS) is 1. The summed E-state index contributed by atoms with van der Waals surface area (Å²) in [6.45, 7) is 3.47. The lowest BCUT2D eigenvalue weighted by Crippen LogP contribution is -2.41. The van der Waals surface area contributed by atoms with Gasteiger partial charge >= 0.3 is 12.0 Å². The van der Waals surface area contributed by atoms with E-state index in [1.54, 1.807) is 11.0 Å². The van der Waals surface area contributed by atoms with Gasteiger partial charge in [-0.1, -0.05) is 0 Å². The lowest BCUT2D eigenvalue weighted by atomic mass is 10.4. The smallest absolute Gasteiger partial charge is 0.371 e. The third-order valence-electron chi connectivity index (χ3n) is 3.29. The SMILES string of the molecule is CN1CCCN(C(=O)NCc2ccc(C(=O)O)o2)CC1. The minimum Gasteiger partial charge on any atom is -0.475 e. The van der Waals surface area contributed by atoms with Crippen molar-refractivity contribution in [3.8, 4) is 0 Å². The van der Waals surface area contributed by atoms with Gasteiger partial charge in [-0.25, -0.2) is 9.59 Å². The third kappa shape index (κ3) is 3.74. The van der Waals surface area contributed by atoms with E-state index in [1.807, 2.05) is 7.05 Å². The molecule has 1 saturated heterocycles. The van der Waals surface area contributed by atoms with Gasteiger partial charge in [0.2, 0.25) is 5.76 Å². The van der Waals surface area contributed by atoms with E-state index < -0.39 is 5.97 Å². The van der Waals surface area contributed by atoms with Crippen molar-refractivity contribution >= 4 is 12.0 Å². The topological polar surface area (TPSA) is 86.0 Å². The molecule has 7 heteroatoms. The molecule has 2 N–H and O–H groups in total. The highest BCUT2D eigenvalue weighted by Crippen LogP contribution is 2.08. The van der Waals surface area contributed by atoms with E-state index in [2.05, 4.69) is 10.2 Å². The van der Waals surface area contributed by atoms with Crippen LogP contribution in [0.5, 0.6) is 0 Å². The molecule has 110 valence electrons. The van der Waals surface area contributed by atoms with Gasteiger partial charge in [0.1, 0.15) is 5.76 Å². The maximum Gasteiger partial charge on any atom is 0.371 e. The van der Waals surface area contributed by atoms with E-state index in [9.17, 15) is 9.59 Å². The molecule has 2 heterocycles.